The summed E-state index contributed by atoms with van der Waals surface area (Å²) in [5.41, 5.74) is 1.24. The second kappa shape index (κ2) is 6.35. The normalized spacial score (nSPS) is 10.9. The molecule has 0 fully saturated rings. The van der Waals surface area contributed by atoms with E-state index in [2.05, 4.69) is 0 Å². The minimum atomic E-state index is -3.96. The van der Waals surface area contributed by atoms with E-state index < -0.39 is 9.05 Å². The molecule has 2 aromatic rings. The summed E-state index contributed by atoms with van der Waals surface area (Å²) in [5, 5.41) is 9.07. The molecular weight excluding hydrogens is 333 g/mol. The van der Waals surface area contributed by atoms with Gasteiger partial charge in [0.25, 0.3) is 9.05 Å². The van der Waals surface area contributed by atoms with E-state index in [4.69, 9.17) is 32.3 Å². The molecule has 0 bridgehead atoms. The van der Waals surface area contributed by atoms with Gasteiger partial charge in [0, 0.05) is 15.7 Å². The Kier molecular flexibility index (Phi) is 4.73. The SMILES string of the molecule is N#Cc1cccc(COc2ccc(Cl)cc2S(=O)(=O)Cl)c1. The van der Waals surface area contributed by atoms with Crippen LogP contribution >= 0.6 is 22.3 Å². The van der Waals surface area contributed by atoms with Crippen molar-refractivity contribution in [1.29, 1.82) is 5.26 Å². The fraction of sp³-hybridized carbons (Fsp3) is 0.0714. The van der Waals surface area contributed by atoms with Crippen molar-refractivity contribution in [3.8, 4) is 11.8 Å². The van der Waals surface area contributed by atoms with Gasteiger partial charge >= 0.3 is 0 Å². The fourth-order valence-electron chi connectivity index (χ4n) is 1.68. The third kappa shape index (κ3) is 4.11. The van der Waals surface area contributed by atoms with E-state index in [0.29, 0.717) is 5.56 Å². The Bertz CT molecular complexity index is 813. The van der Waals surface area contributed by atoms with Crippen LogP contribution in [-0.4, -0.2) is 8.42 Å². The summed E-state index contributed by atoms with van der Waals surface area (Å²) in [4.78, 5) is -0.187. The first kappa shape index (κ1) is 15.6. The van der Waals surface area contributed by atoms with Crippen LogP contribution in [0, 0.1) is 11.3 Å². The first-order chi connectivity index (χ1) is 9.90. The van der Waals surface area contributed by atoms with Gasteiger partial charge in [-0.3, -0.25) is 0 Å². The Labute approximate surface area is 131 Å². The number of benzene rings is 2. The second-order valence-electron chi connectivity index (χ2n) is 4.13. The number of hydrogen-bond acceptors (Lipinski definition) is 4. The van der Waals surface area contributed by atoms with Crippen LogP contribution in [0.1, 0.15) is 11.1 Å². The summed E-state index contributed by atoms with van der Waals surface area (Å²) in [7, 11) is 1.39. The maximum Gasteiger partial charge on any atom is 0.265 e. The largest absolute Gasteiger partial charge is 0.487 e. The minimum absolute atomic E-state index is 0.108. The number of rotatable bonds is 4. The number of ether oxygens (including phenoxy) is 1. The number of nitrogens with zero attached hydrogens (tertiary/aromatic N) is 1. The van der Waals surface area contributed by atoms with Crippen molar-refractivity contribution < 1.29 is 13.2 Å². The highest BCUT2D eigenvalue weighted by Gasteiger charge is 2.17. The van der Waals surface area contributed by atoms with E-state index in [1.165, 1.54) is 18.2 Å². The number of nitriles is 1. The topological polar surface area (TPSA) is 67.2 Å². The van der Waals surface area contributed by atoms with Crippen molar-refractivity contribution in [1.82, 2.24) is 0 Å². The maximum atomic E-state index is 11.5. The summed E-state index contributed by atoms with van der Waals surface area (Å²) in [5.74, 6) is 0.108. The zero-order valence-electron chi connectivity index (χ0n) is 10.6. The summed E-state index contributed by atoms with van der Waals surface area (Å²) >= 11 is 5.76. The molecule has 2 rings (SSSR count). The van der Waals surface area contributed by atoms with E-state index in [1.54, 1.807) is 24.3 Å². The third-order valence-electron chi connectivity index (χ3n) is 2.62. The monoisotopic (exact) mass is 341 g/mol. The molecule has 2 aromatic carbocycles. The Morgan fingerprint density at radius 1 is 1.19 bits per heavy atom. The van der Waals surface area contributed by atoms with Crippen LogP contribution in [0.5, 0.6) is 5.75 Å². The minimum Gasteiger partial charge on any atom is -0.487 e. The van der Waals surface area contributed by atoms with Gasteiger partial charge in [-0.1, -0.05) is 23.7 Å². The second-order valence-corrected chi connectivity index (χ2v) is 7.10. The molecule has 0 amide bonds. The molecule has 0 radical (unpaired) electrons. The molecule has 0 atom stereocenters. The third-order valence-corrected chi connectivity index (χ3v) is 4.20. The summed E-state index contributed by atoms with van der Waals surface area (Å²) in [6, 6.07) is 13.0. The van der Waals surface area contributed by atoms with Crippen LogP contribution < -0.4 is 4.74 Å². The van der Waals surface area contributed by atoms with Gasteiger partial charge in [-0.2, -0.15) is 5.26 Å². The molecule has 0 aliphatic carbocycles. The van der Waals surface area contributed by atoms with Gasteiger partial charge in [-0.15, -0.1) is 0 Å². The van der Waals surface area contributed by atoms with E-state index >= 15 is 0 Å². The molecular formula is C14H9Cl2NO3S. The molecule has 0 aliphatic rings. The van der Waals surface area contributed by atoms with Crippen molar-refractivity contribution in [3.05, 3.63) is 58.6 Å². The van der Waals surface area contributed by atoms with Crippen LogP contribution in [0.15, 0.2) is 47.4 Å². The number of hydrogen-bond donors (Lipinski definition) is 0. The van der Waals surface area contributed by atoms with Gasteiger partial charge in [-0.05, 0) is 35.9 Å². The van der Waals surface area contributed by atoms with Gasteiger partial charge in [0.15, 0.2) is 0 Å². The van der Waals surface area contributed by atoms with E-state index in [1.807, 2.05) is 6.07 Å². The molecule has 0 aromatic heterocycles. The molecule has 21 heavy (non-hydrogen) atoms. The van der Waals surface area contributed by atoms with Crippen LogP contribution in [0.25, 0.3) is 0 Å². The number of halogens is 2. The van der Waals surface area contributed by atoms with E-state index in [9.17, 15) is 8.42 Å². The van der Waals surface area contributed by atoms with Crippen LogP contribution in [0.2, 0.25) is 5.02 Å². The highest BCUT2D eigenvalue weighted by molar-refractivity contribution is 8.13. The van der Waals surface area contributed by atoms with Crippen molar-refractivity contribution in [2.45, 2.75) is 11.5 Å². The first-order valence-electron chi connectivity index (χ1n) is 5.76. The Morgan fingerprint density at radius 2 is 1.95 bits per heavy atom. The molecule has 0 spiro atoms. The predicted molar refractivity (Wildman–Crippen MR) is 80.0 cm³/mol. The van der Waals surface area contributed by atoms with Gasteiger partial charge in [0.1, 0.15) is 17.3 Å². The standard InChI is InChI=1S/C14H9Cl2NO3S/c15-12-4-5-13(14(7-12)21(16,18)19)20-9-11-3-1-2-10(6-11)8-17/h1-7H,9H2. The first-order valence-corrected chi connectivity index (χ1v) is 8.45. The van der Waals surface area contributed by atoms with Gasteiger partial charge in [0.05, 0.1) is 11.6 Å². The molecule has 0 saturated carbocycles. The molecule has 4 nitrogen and oxygen atoms in total. The lowest BCUT2D eigenvalue weighted by molar-refractivity contribution is 0.298. The predicted octanol–water partition coefficient (Wildman–Crippen LogP) is 3.72. The van der Waals surface area contributed by atoms with Crippen LogP contribution in [0.3, 0.4) is 0 Å². The Balaban J connectivity index is 2.26. The van der Waals surface area contributed by atoms with E-state index in [0.717, 1.165) is 5.56 Å². The average Bonchev–Trinajstić information content (AvgIpc) is 2.45. The molecule has 108 valence electrons. The molecule has 0 N–H and O–H groups in total. The van der Waals surface area contributed by atoms with Crippen LogP contribution in [0.4, 0.5) is 0 Å². The van der Waals surface area contributed by atoms with Gasteiger partial charge in [0.2, 0.25) is 0 Å². The van der Waals surface area contributed by atoms with Crippen LogP contribution in [-0.2, 0) is 15.7 Å². The quantitative estimate of drug-likeness (QED) is 0.794. The highest BCUT2D eigenvalue weighted by atomic mass is 35.7. The lowest BCUT2D eigenvalue weighted by Crippen LogP contribution is -2.01. The Morgan fingerprint density at radius 3 is 2.62 bits per heavy atom. The van der Waals surface area contributed by atoms with E-state index in [-0.39, 0.29) is 22.3 Å². The molecule has 0 saturated heterocycles. The molecule has 0 unspecified atom stereocenters. The van der Waals surface area contributed by atoms with Crippen molar-refractivity contribution >= 4 is 31.3 Å². The van der Waals surface area contributed by atoms with Crippen molar-refractivity contribution in [2.75, 3.05) is 0 Å². The molecule has 0 heterocycles. The zero-order chi connectivity index (χ0) is 15.5. The molecule has 0 aliphatic heterocycles. The highest BCUT2D eigenvalue weighted by Crippen LogP contribution is 2.30. The smallest absolute Gasteiger partial charge is 0.265 e. The zero-order valence-corrected chi connectivity index (χ0v) is 12.9. The summed E-state index contributed by atoms with van der Waals surface area (Å²) < 4.78 is 28.5. The lowest BCUT2D eigenvalue weighted by Gasteiger charge is -2.10. The average molecular weight is 342 g/mol. The lowest BCUT2D eigenvalue weighted by atomic mass is 10.1. The van der Waals surface area contributed by atoms with Gasteiger partial charge in [-0.25, -0.2) is 8.42 Å². The van der Waals surface area contributed by atoms with Crippen molar-refractivity contribution in [3.63, 3.8) is 0 Å². The Hall–Kier alpha value is -1.74. The fourth-order valence-corrected chi connectivity index (χ4v) is 2.92. The molecule has 7 heteroatoms. The van der Waals surface area contributed by atoms with Gasteiger partial charge < -0.3 is 4.74 Å². The summed E-state index contributed by atoms with van der Waals surface area (Å²) in [6.07, 6.45) is 0. The van der Waals surface area contributed by atoms with Crippen molar-refractivity contribution in [2.24, 2.45) is 0 Å². The maximum absolute atomic E-state index is 11.5. The summed E-state index contributed by atoms with van der Waals surface area (Å²) in [6.45, 7) is 0.108.